The molecule has 0 saturated heterocycles. The van der Waals surface area contributed by atoms with Crippen molar-refractivity contribution in [3.8, 4) is 0 Å². The normalized spacial score (nSPS) is 14.0. The molecule has 5 nitrogen and oxygen atoms in total. The second-order valence-corrected chi connectivity index (χ2v) is 7.61. The quantitative estimate of drug-likeness (QED) is 0.313. The molecule has 0 heterocycles. The number of ether oxygens (including phenoxy) is 3. The third-order valence-electron chi connectivity index (χ3n) is 5.23. The van der Waals surface area contributed by atoms with Gasteiger partial charge in [-0.25, -0.2) is 4.79 Å². The lowest BCUT2D eigenvalue weighted by Gasteiger charge is -2.31. The largest absolute Gasteiger partial charge is 0.466 e. The zero-order valence-corrected chi connectivity index (χ0v) is 18.7. The predicted molar refractivity (Wildman–Crippen MR) is 127 cm³/mol. The monoisotopic (exact) mass is 446 g/mol. The van der Waals surface area contributed by atoms with E-state index in [1.807, 2.05) is 91.0 Å². The van der Waals surface area contributed by atoms with Crippen molar-refractivity contribution in [3.05, 3.63) is 120 Å². The zero-order chi connectivity index (χ0) is 23.3. The van der Waals surface area contributed by atoms with Crippen molar-refractivity contribution in [3.63, 3.8) is 0 Å². The number of carbonyl (C=O) groups excluding carboxylic acids is 1. The highest BCUT2D eigenvalue weighted by molar-refractivity contribution is 5.81. The summed E-state index contributed by atoms with van der Waals surface area (Å²) in [7, 11) is 1.33. The SMILES string of the molecule is COC(=O)/C=C/C[C@H](OCc1ccccc1)[C@H](OCc1ccccc1)[C@H](O)c1ccccc1. The van der Waals surface area contributed by atoms with E-state index < -0.39 is 24.3 Å². The van der Waals surface area contributed by atoms with Crippen LogP contribution in [0.3, 0.4) is 0 Å². The van der Waals surface area contributed by atoms with Crippen LogP contribution in [0.4, 0.5) is 0 Å². The smallest absolute Gasteiger partial charge is 0.330 e. The Morgan fingerprint density at radius 3 is 1.88 bits per heavy atom. The number of hydrogen-bond donors (Lipinski definition) is 1. The Hall–Kier alpha value is -3.25. The van der Waals surface area contributed by atoms with Gasteiger partial charge in [0.2, 0.25) is 0 Å². The van der Waals surface area contributed by atoms with Gasteiger partial charge in [0.1, 0.15) is 12.2 Å². The molecule has 0 aliphatic heterocycles. The molecule has 0 aromatic heterocycles. The van der Waals surface area contributed by atoms with Crippen LogP contribution in [0.15, 0.2) is 103 Å². The molecule has 3 atom stereocenters. The predicted octanol–water partition coefficient (Wildman–Crippen LogP) is 5.01. The van der Waals surface area contributed by atoms with Crippen molar-refractivity contribution in [2.45, 2.75) is 37.9 Å². The fourth-order valence-corrected chi connectivity index (χ4v) is 3.45. The van der Waals surface area contributed by atoms with Crippen molar-refractivity contribution in [2.75, 3.05) is 7.11 Å². The molecule has 0 aliphatic carbocycles. The van der Waals surface area contributed by atoms with Crippen LogP contribution in [0.1, 0.15) is 29.2 Å². The Morgan fingerprint density at radius 2 is 1.33 bits per heavy atom. The summed E-state index contributed by atoms with van der Waals surface area (Å²) in [5.74, 6) is -0.442. The zero-order valence-electron chi connectivity index (χ0n) is 18.7. The third kappa shape index (κ3) is 7.99. The van der Waals surface area contributed by atoms with Gasteiger partial charge in [0.25, 0.3) is 0 Å². The molecule has 3 rings (SSSR count). The molecule has 5 heteroatoms. The molecule has 1 N–H and O–H groups in total. The first-order valence-corrected chi connectivity index (χ1v) is 11.0. The molecule has 0 saturated carbocycles. The Labute approximate surface area is 195 Å². The van der Waals surface area contributed by atoms with Crippen LogP contribution in [-0.2, 0) is 32.2 Å². The molecule has 33 heavy (non-hydrogen) atoms. The van der Waals surface area contributed by atoms with Crippen LogP contribution in [0, 0.1) is 0 Å². The Kier molecular flexibility index (Phi) is 9.86. The highest BCUT2D eigenvalue weighted by atomic mass is 16.5. The average Bonchev–Trinajstić information content (AvgIpc) is 2.88. The van der Waals surface area contributed by atoms with E-state index in [9.17, 15) is 9.90 Å². The highest BCUT2D eigenvalue weighted by Crippen LogP contribution is 2.27. The molecule has 0 fully saturated rings. The maximum atomic E-state index is 11.6. The molecule has 3 aromatic carbocycles. The van der Waals surface area contributed by atoms with Crippen molar-refractivity contribution in [2.24, 2.45) is 0 Å². The molecular weight excluding hydrogens is 416 g/mol. The minimum absolute atomic E-state index is 0.321. The van der Waals surface area contributed by atoms with Gasteiger partial charge in [0.15, 0.2) is 0 Å². The summed E-state index contributed by atoms with van der Waals surface area (Å²) < 4.78 is 17.2. The van der Waals surface area contributed by atoms with E-state index in [1.165, 1.54) is 13.2 Å². The molecular formula is C28H30O5. The first-order chi connectivity index (χ1) is 16.2. The maximum Gasteiger partial charge on any atom is 0.330 e. The first-order valence-electron chi connectivity index (χ1n) is 11.0. The molecule has 3 aromatic rings. The van der Waals surface area contributed by atoms with E-state index >= 15 is 0 Å². The Morgan fingerprint density at radius 1 is 0.818 bits per heavy atom. The van der Waals surface area contributed by atoms with Crippen LogP contribution in [0.25, 0.3) is 0 Å². The molecule has 0 bridgehead atoms. The maximum absolute atomic E-state index is 11.6. The number of carbonyl (C=O) groups is 1. The van der Waals surface area contributed by atoms with Crippen LogP contribution in [0.2, 0.25) is 0 Å². The van der Waals surface area contributed by atoms with E-state index in [1.54, 1.807) is 6.08 Å². The number of methoxy groups -OCH3 is 1. The lowest BCUT2D eigenvalue weighted by atomic mass is 9.98. The van der Waals surface area contributed by atoms with Crippen molar-refractivity contribution in [1.29, 1.82) is 0 Å². The fraction of sp³-hybridized carbons (Fsp3) is 0.250. The minimum atomic E-state index is -0.915. The number of benzene rings is 3. The number of aliphatic hydroxyl groups excluding tert-OH is 1. The van der Waals surface area contributed by atoms with Crippen LogP contribution >= 0.6 is 0 Å². The first kappa shape index (κ1) is 24.4. The molecule has 0 spiro atoms. The lowest BCUT2D eigenvalue weighted by molar-refractivity contribution is -0.135. The van der Waals surface area contributed by atoms with Gasteiger partial charge in [-0.2, -0.15) is 0 Å². The van der Waals surface area contributed by atoms with Gasteiger partial charge in [-0.15, -0.1) is 0 Å². The third-order valence-corrected chi connectivity index (χ3v) is 5.23. The number of rotatable bonds is 12. The minimum Gasteiger partial charge on any atom is -0.466 e. The number of hydrogen-bond acceptors (Lipinski definition) is 5. The number of aliphatic hydroxyl groups is 1. The van der Waals surface area contributed by atoms with Gasteiger partial charge < -0.3 is 19.3 Å². The number of esters is 1. The summed E-state index contributed by atoms with van der Waals surface area (Å²) in [5, 5.41) is 11.3. The molecule has 172 valence electrons. The summed E-state index contributed by atoms with van der Waals surface area (Å²) in [4.78, 5) is 11.6. The molecule has 0 aliphatic rings. The molecule has 0 radical (unpaired) electrons. The Bertz CT molecular complexity index is 973. The van der Waals surface area contributed by atoms with Gasteiger partial charge in [-0.3, -0.25) is 0 Å². The van der Waals surface area contributed by atoms with Gasteiger partial charge in [0.05, 0.1) is 26.4 Å². The molecule has 0 amide bonds. The second kappa shape index (κ2) is 13.3. The van der Waals surface area contributed by atoms with Crippen molar-refractivity contribution in [1.82, 2.24) is 0 Å². The van der Waals surface area contributed by atoms with E-state index in [2.05, 4.69) is 0 Å². The lowest BCUT2D eigenvalue weighted by Crippen LogP contribution is -2.36. The summed E-state index contributed by atoms with van der Waals surface area (Å²) in [6, 6.07) is 29.0. The van der Waals surface area contributed by atoms with E-state index in [-0.39, 0.29) is 0 Å². The van der Waals surface area contributed by atoms with E-state index in [0.29, 0.717) is 19.6 Å². The topological polar surface area (TPSA) is 65.0 Å². The van der Waals surface area contributed by atoms with Gasteiger partial charge in [-0.1, -0.05) is 97.1 Å². The van der Waals surface area contributed by atoms with Crippen molar-refractivity contribution >= 4 is 5.97 Å². The average molecular weight is 447 g/mol. The van der Waals surface area contributed by atoms with Crippen LogP contribution < -0.4 is 0 Å². The summed E-state index contributed by atoms with van der Waals surface area (Å²) in [6.45, 7) is 0.672. The van der Waals surface area contributed by atoms with Crippen molar-refractivity contribution < 1.29 is 24.1 Å². The molecule has 0 unspecified atom stereocenters. The summed E-state index contributed by atoms with van der Waals surface area (Å²) in [5.41, 5.74) is 2.74. The fourth-order valence-electron chi connectivity index (χ4n) is 3.45. The summed E-state index contributed by atoms with van der Waals surface area (Å²) >= 11 is 0. The standard InChI is InChI=1S/C28H30O5/c1-31-26(29)19-11-18-25(32-20-22-12-5-2-6-13-22)28(27(30)24-16-9-4-10-17-24)33-21-23-14-7-3-8-15-23/h2-17,19,25,27-28,30H,18,20-21H2,1H3/b19-11+/t25-,27+,28-/m0/s1. The van der Waals surface area contributed by atoms with Gasteiger partial charge >= 0.3 is 5.97 Å². The second-order valence-electron chi connectivity index (χ2n) is 7.61. The van der Waals surface area contributed by atoms with Gasteiger partial charge in [0, 0.05) is 6.08 Å². The van der Waals surface area contributed by atoms with E-state index in [4.69, 9.17) is 14.2 Å². The highest BCUT2D eigenvalue weighted by Gasteiger charge is 2.31. The van der Waals surface area contributed by atoms with Crippen LogP contribution in [0.5, 0.6) is 0 Å². The summed E-state index contributed by atoms with van der Waals surface area (Å²) in [6.07, 6.45) is 1.33. The van der Waals surface area contributed by atoms with E-state index in [0.717, 1.165) is 16.7 Å². The van der Waals surface area contributed by atoms with Crippen LogP contribution in [-0.4, -0.2) is 30.4 Å². The van der Waals surface area contributed by atoms with Gasteiger partial charge in [-0.05, 0) is 23.1 Å². The Balaban J connectivity index is 1.83.